The van der Waals surface area contributed by atoms with Crippen molar-refractivity contribution >= 4 is 21.6 Å². The van der Waals surface area contributed by atoms with Gasteiger partial charge in [-0.2, -0.15) is 0 Å². The van der Waals surface area contributed by atoms with Crippen LogP contribution in [0.15, 0.2) is 47.4 Å². The van der Waals surface area contributed by atoms with Gasteiger partial charge in [-0.25, -0.2) is 13.1 Å². The average Bonchev–Trinajstić information content (AvgIpc) is 2.68. The number of benzene rings is 2. The minimum absolute atomic E-state index is 0.00973. The van der Waals surface area contributed by atoms with Crippen LogP contribution in [0.4, 0.5) is 5.69 Å². The van der Waals surface area contributed by atoms with Gasteiger partial charge in [0.2, 0.25) is 10.0 Å². The summed E-state index contributed by atoms with van der Waals surface area (Å²) in [5.74, 6) is 0.363. The Balaban J connectivity index is 1.54. The molecule has 0 unspecified atom stereocenters. The van der Waals surface area contributed by atoms with Gasteiger partial charge in [0.15, 0.2) is 6.61 Å². The van der Waals surface area contributed by atoms with Gasteiger partial charge in [-0.05, 0) is 62.6 Å². The van der Waals surface area contributed by atoms with E-state index >= 15 is 0 Å². The molecule has 0 radical (unpaired) electrons. The zero-order valence-corrected chi connectivity index (χ0v) is 17.7. The van der Waals surface area contributed by atoms with E-state index in [1.807, 2.05) is 32.0 Å². The van der Waals surface area contributed by atoms with Crippen molar-refractivity contribution in [2.45, 2.75) is 56.9 Å². The van der Waals surface area contributed by atoms with Crippen LogP contribution in [0.3, 0.4) is 0 Å². The normalized spacial score (nSPS) is 15.1. The third-order valence-corrected chi connectivity index (χ3v) is 6.60. The lowest BCUT2D eigenvalue weighted by atomic mass is 9.96. The van der Waals surface area contributed by atoms with E-state index in [0.717, 1.165) is 36.8 Å². The van der Waals surface area contributed by atoms with Crippen LogP contribution in [0.2, 0.25) is 0 Å². The zero-order valence-electron chi connectivity index (χ0n) is 16.9. The Labute approximate surface area is 172 Å². The number of hydrogen-bond donors (Lipinski definition) is 2. The Morgan fingerprint density at radius 2 is 1.72 bits per heavy atom. The number of aryl methyl sites for hydroxylation is 2. The average molecular weight is 417 g/mol. The predicted molar refractivity (Wildman–Crippen MR) is 114 cm³/mol. The summed E-state index contributed by atoms with van der Waals surface area (Å²) in [6.45, 7) is 3.81. The lowest BCUT2D eigenvalue weighted by molar-refractivity contribution is -0.118. The first kappa shape index (κ1) is 21.3. The van der Waals surface area contributed by atoms with Crippen molar-refractivity contribution in [2.75, 3.05) is 11.9 Å². The molecule has 2 N–H and O–H groups in total. The second-order valence-corrected chi connectivity index (χ2v) is 9.30. The van der Waals surface area contributed by atoms with Crippen LogP contribution in [0.5, 0.6) is 5.75 Å². The molecular weight excluding hydrogens is 388 g/mol. The molecule has 1 aliphatic carbocycles. The molecule has 6 nitrogen and oxygen atoms in total. The predicted octanol–water partition coefficient (Wildman–Crippen LogP) is 3.93. The molecule has 2 aromatic rings. The molecule has 1 saturated carbocycles. The Hall–Kier alpha value is -2.38. The lowest BCUT2D eigenvalue weighted by Crippen LogP contribution is -2.36. The maximum atomic E-state index is 12.5. The van der Waals surface area contributed by atoms with Gasteiger partial charge >= 0.3 is 0 Å². The van der Waals surface area contributed by atoms with E-state index in [9.17, 15) is 13.2 Å². The second-order valence-electron chi connectivity index (χ2n) is 7.59. The molecule has 0 bridgehead atoms. The van der Waals surface area contributed by atoms with Crippen molar-refractivity contribution in [2.24, 2.45) is 0 Å². The Kier molecular flexibility index (Phi) is 6.92. The van der Waals surface area contributed by atoms with Crippen LogP contribution < -0.4 is 14.8 Å². The quantitative estimate of drug-likeness (QED) is 0.716. The van der Waals surface area contributed by atoms with Crippen LogP contribution in [0.25, 0.3) is 0 Å². The van der Waals surface area contributed by atoms with Crippen LogP contribution in [0.1, 0.15) is 43.2 Å². The number of hydrogen-bond acceptors (Lipinski definition) is 4. The first-order chi connectivity index (χ1) is 13.8. The van der Waals surface area contributed by atoms with E-state index in [-0.39, 0.29) is 23.5 Å². The number of rotatable bonds is 7. The molecule has 1 aliphatic rings. The van der Waals surface area contributed by atoms with Gasteiger partial charge in [0.05, 0.1) is 4.90 Å². The highest BCUT2D eigenvalue weighted by molar-refractivity contribution is 7.89. The molecule has 0 atom stereocenters. The number of carbonyl (C=O) groups excluding carboxylic acids is 1. The molecule has 0 spiro atoms. The monoisotopic (exact) mass is 416 g/mol. The fraction of sp³-hybridized carbons (Fsp3) is 0.409. The van der Waals surface area contributed by atoms with Gasteiger partial charge in [-0.15, -0.1) is 0 Å². The number of anilines is 1. The van der Waals surface area contributed by atoms with Crippen LogP contribution >= 0.6 is 0 Å². The highest BCUT2D eigenvalue weighted by Crippen LogP contribution is 2.21. The second kappa shape index (κ2) is 9.41. The fourth-order valence-corrected chi connectivity index (χ4v) is 4.83. The first-order valence-corrected chi connectivity index (χ1v) is 11.4. The topological polar surface area (TPSA) is 84.5 Å². The van der Waals surface area contributed by atoms with Gasteiger partial charge in [-0.3, -0.25) is 4.79 Å². The molecule has 0 aromatic heterocycles. The van der Waals surface area contributed by atoms with E-state index in [1.54, 1.807) is 12.1 Å². The highest BCUT2D eigenvalue weighted by atomic mass is 32.2. The van der Waals surface area contributed by atoms with Gasteiger partial charge in [0, 0.05) is 11.7 Å². The fourth-order valence-electron chi connectivity index (χ4n) is 3.53. The van der Waals surface area contributed by atoms with E-state index < -0.39 is 10.0 Å². The number of sulfonamides is 1. The van der Waals surface area contributed by atoms with Crippen LogP contribution in [0, 0.1) is 13.8 Å². The van der Waals surface area contributed by atoms with Crippen molar-refractivity contribution in [1.82, 2.24) is 4.72 Å². The minimum Gasteiger partial charge on any atom is -0.483 e. The molecule has 0 aliphatic heterocycles. The minimum atomic E-state index is -3.55. The zero-order chi connectivity index (χ0) is 20.9. The van der Waals surface area contributed by atoms with Crippen molar-refractivity contribution in [3.63, 3.8) is 0 Å². The molecule has 1 amide bonds. The van der Waals surface area contributed by atoms with Crippen LogP contribution in [-0.4, -0.2) is 27.0 Å². The SMILES string of the molecule is Cc1ccc(OCC(=O)Nc2ccc(S(=O)(=O)NC3CCCCC3)cc2)c(C)c1. The maximum absolute atomic E-state index is 12.5. The molecule has 29 heavy (non-hydrogen) atoms. The van der Waals surface area contributed by atoms with Crippen molar-refractivity contribution in [3.05, 3.63) is 53.6 Å². The molecule has 0 heterocycles. The number of ether oxygens (including phenoxy) is 1. The standard InChI is InChI=1S/C22H28N2O4S/c1-16-8-13-21(17(2)14-16)28-15-22(25)23-18-9-11-20(12-10-18)29(26,27)24-19-6-4-3-5-7-19/h8-14,19,24H,3-7,15H2,1-2H3,(H,23,25). The largest absolute Gasteiger partial charge is 0.483 e. The summed E-state index contributed by atoms with van der Waals surface area (Å²) in [7, 11) is -3.55. The highest BCUT2D eigenvalue weighted by Gasteiger charge is 2.21. The van der Waals surface area contributed by atoms with E-state index in [0.29, 0.717) is 11.4 Å². The Bertz CT molecular complexity index is 949. The summed E-state index contributed by atoms with van der Waals surface area (Å²) in [4.78, 5) is 12.3. The summed E-state index contributed by atoms with van der Waals surface area (Å²) in [5.41, 5.74) is 2.63. The number of amides is 1. The van der Waals surface area contributed by atoms with Gasteiger partial charge < -0.3 is 10.1 Å². The molecule has 1 fully saturated rings. The molecule has 156 valence electrons. The van der Waals surface area contributed by atoms with Gasteiger partial charge in [0.1, 0.15) is 5.75 Å². The summed E-state index contributed by atoms with van der Waals surface area (Å²) in [6.07, 6.45) is 5.05. The Morgan fingerprint density at radius 3 is 2.38 bits per heavy atom. The first-order valence-electron chi connectivity index (χ1n) is 9.96. The van der Waals surface area contributed by atoms with E-state index in [4.69, 9.17) is 4.74 Å². The van der Waals surface area contributed by atoms with Crippen molar-refractivity contribution in [1.29, 1.82) is 0 Å². The third kappa shape index (κ3) is 6.05. The van der Waals surface area contributed by atoms with Crippen LogP contribution in [-0.2, 0) is 14.8 Å². The van der Waals surface area contributed by atoms with Gasteiger partial charge in [-0.1, -0.05) is 37.0 Å². The smallest absolute Gasteiger partial charge is 0.262 e. The lowest BCUT2D eigenvalue weighted by Gasteiger charge is -2.22. The number of carbonyl (C=O) groups is 1. The molecule has 0 saturated heterocycles. The molecule has 7 heteroatoms. The molecule has 3 rings (SSSR count). The summed E-state index contributed by atoms with van der Waals surface area (Å²) in [5, 5.41) is 2.72. The van der Waals surface area contributed by atoms with E-state index in [1.165, 1.54) is 18.6 Å². The van der Waals surface area contributed by atoms with Crippen molar-refractivity contribution < 1.29 is 17.9 Å². The number of nitrogens with one attached hydrogen (secondary N) is 2. The maximum Gasteiger partial charge on any atom is 0.262 e. The van der Waals surface area contributed by atoms with Crippen molar-refractivity contribution in [3.8, 4) is 5.75 Å². The summed E-state index contributed by atoms with van der Waals surface area (Å²) >= 11 is 0. The summed E-state index contributed by atoms with van der Waals surface area (Å²) in [6, 6.07) is 12.0. The molecular formula is C22H28N2O4S. The van der Waals surface area contributed by atoms with Gasteiger partial charge in [0.25, 0.3) is 5.91 Å². The van der Waals surface area contributed by atoms with E-state index in [2.05, 4.69) is 10.0 Å². The Morgan fingerprint density at radius 1 is 1.03 bits per heavy atom. The summed E-state index contributed by atoms with van der Waals surface area (Å²) < 4.78 is 33.4. The third-order valence-electron chi connectivity index (χ3n) is 5.06. The molecule has 2 aromatic carbocycles.